The Morgan fingerprint density at radius 1 is 1.19 bits per heavy atom. The summed E-state index contributed by atoms with van der Waals surface area (Å²) in [7, 11) is 1.52. The molecular weight excluding hydrogens is 400 g/mol. The normalized spacial score (nSPS) is 15.7. The van der Waals surface area contributed by atoms with Gasteiger partial charge in [0.1, 0.15) is 24.2 Å². The zero-order valence-corrected chi connectivity index (χ0v) is 17.4. The summed E-state index contributed by atoms with van der Waals surface area (Å²) in [5.41, 5.74) is 2.51. The zero-order valence-electron chi connectivity index (χ0n) is 17.4. The van der Waals surface area contributed by atoms with Crippen molar-refractivity contribution in [3.8, 4) is 11.5 Å². The summed E-state index contributed by atoms with van der Waals surface area (Å²) < 4.78 is 16.7. The van der Waals surface area contributed by atoms with Gasteiger partial charge in [-0.15, -0.1) is 0 Å². The third-order valence-corrected chi connectivity index (χ3v) is 5.64. The van der Waals surface area contributed by atoms with E-state index in [1.54, 1.807) is 18.2 Å². The molecular formula is C23H26N2O6. The molecule has 164 valence electrons. The van der Waals surface area contributed by atoms with Gasteiger partial charge >= 0.3 is 12.1 Å². The first-order valence-corrected chi connectivity index (χ1v) is 10.4. The number of carbonyl (C=O) groups excluding carboxylic acids is 1. The Kier molecular flexibility index (Phi) is 6.16. The van der Waals surface area contributed by atoms with Gasteiger partial charge in [-0.1, -0.05) is 6.07 Å². The fraction of sp³-hybridized carbons (Fsp3) is 0.391. The van der Waals surface area contributed by atoms with Crippen molar-refractivity contribution in [3.63, 3.8) is 0 Å². The van der Waals surface area contributed by atoms with Crippen LogP contribution in [0.5, 0.6) is 11.5 Å². The molecule has 31 heavy (non-hydrogen) atoms. The Morgan fingerprint density at radius 3 is 2.74 bits per heavy atom. The van der Waals surface area contributed by atoms with Crippen LogP contribution < -0.4 is 19.7 Å². The minimum absolute atomic E-state index is 0.00121. The second-order valence-corrected chi connectivity index (χ2v) is 7.72. The lowest BCUT2D eigenvalue weighted by Crippen LogP contribution is -2.32. The number of methoxy groups -OCH3 is 1. The van der Waals surface area contributed by atoms with Crippen molar-refractivity contribution in [2.24, 2.45) is 0 Å². The predicted molar refractivity (Wildman–Crippen MR) is 115 cm³/mol. The van der Waals surface area contributed by atoms with E-state index in [9.17, 15) is 14.7 Å². The second kappa shape index (κ2) is 9.16. The number of carbonyl (C=O) groups is 2. The highest BCUT2D eigenvalue weighted by atomic mass is 16.6. The van der Waals surface area contributed by atoms with Crippen molar-refractivity contribution < 1.29 is 28.9 Å². The summed E-state index contributed by atoms with van der Waals surface area (Å²) in [4.78, 5) is 25.6. The lowest BCUT2D eigenvalue weighted by Gasteiger charge is -2.32. The Balaban J connectivity index is 1.51. The van der Waals surface area contributed by atoms with Crippen molar-refractivity contribution in [2.75, 3.05) is 30.5 Å². The van der Waals surface area contributed by atoms with Crippen LogP contribution in [0.2, 0.25) is 0 Å². The fourth-order valence-electron chi connectivity index (χ4n) is 4.03. The van der Waals surface area contributed by atoms with Crippen LogP contribution in [0, 0.1) is 0 Å². The number of nitrogens with one attached hydrogen (secondary N) is 1. The molecule has 0 spiro atoms. The Bertz CT molecular complexity index is 971. The molecule has 1 saturated carbocycles. The highest BCUT2D eigenvalue weighted by Crippen LogP contribution is 2.36. The Morgan fingerprint density at radius 2 is 2.00 bits per heavy atom. The number of carboxylic acid groups (broad SMARTS) is 1. The number of hydrogen-bond donors (Lipinski definition) is 2. The van der Waals surface area contributed by atoms with E-state index in [-0.39, 0.29) is 11.7 Å². The van der Waals surface area contributed by atoms with E-state index in [1.165, 1.54) is 13.2 Å². The third-order valence-electron chi connectivity index (χ3n) is 5.64. The number of ether oxygens (including phenoxy) is 3. The third kappa shape index (κ3) is 4.84. The van der Waals surface area contributed by atoms with Gasteiger partial charge in [0, 0.05) is 17.8 Å². The smallest absolute Gasteiger partial charge is 0.411 e. The average molecular weight is 426 g/mol. The number of anilines is 2. The molecule has 1 heterocycles. The van der Waals surface area contributed by atoms with Gasteiger partial charge < -0.3 is 24.2 Å². The highest BCUT2D eigenvalue weighted by molar-refractivity contribution is 5.88. The summed E-state index contributed by atoms with van der Waals surface area (Å²) in [6, 6.07) is 10.3. The van der Waals surface area contributed by atoms with Crippen LogP contribution in [0.1, 0.15) is 41.6 Å². The molecule has 2 aromatic rings. The number of fused-ring (bicyclic) bond motifs is 1. The summed E-state index contributed by atoms with van der Waals surface area (Å²) in [5, 5.41) is 12.0. The van der Waals surface area contributed by atoms with Crippen molar-refractivity contribution in [1.82, 2.24) is 0 Å². The summed E-state index contributed by atoms with van der Waals surface area (Å²) in [6.07, 6.45) is 3.59. The monoisotopic (exact) mass is 426 g/mol. The standard InChI is InChI=1S/C23H26N2O6/c1-29-21-12-15(22(26)27)6-7-16(21)14-25-10-11-30-20-9-8-17(13-19(20)25)24-23(28)31-18-4-2-3-5-18/h6-9,12-13,18H,2-5,10-11,14H2,1H3,(H,24,28)(H,26,27). The highest BCUT2D eigenvalue weighted by Gasteiger charge is 2.22. The van der Waals surface area contributed by atoms with Gasteiger partial charge in [0.25, 0.3) is 0 Å². The molecule has 8 nitrogen and oxygen atoms in total. The maximum Gasteiger partial charge on any atom is 0.411 e. The number of amides is 1. The number of aromatic carboxylic acids is 1. The molecule has 2 aromatic carbocycles. The molecule has 0 bridgehead atoms. The number of carboxylic acids is 1. The number of benzene rings is 2. The maximum absolute atomic E-state index is 12.2. The van der Waals surface area contributed by atoms with Crippen LogP contribution in [-0.2, 0) is 11.3 Å². The van der Waals surface area contributed by atoms with Crippen LogP contribution in [0.15, 0.2) is 36.4 Å². The van der Waals surface area contributed by atoms with E-state index >= 15 is 0 Å². The quantitative estimate of drug-likeness (QED) is 0.711. The minimum Gasteiger partial charge on any atom is -0.496 e. The van der Waals surface area contributed by atoms with Gasteiger partial charge in [-0.3, -0.25) is 5.32 Å². The number of rotatable bonds is 6. The van der Waals surface area contributed by atoms with Crippen LogP contribution >= 0.6 is 0 Å². The lowest BCUT2D eigenvalue weighted by atomic mass is 10.1. The molecule has 1 fully saturated rings. The molecule has 0 atom stereocenters. The van der Waals surface area contributed by atoms with Crippen molar-refractivity contribution in [2.45, 2.75) is 38.3 Å². The van der Waals surface area contributed by atoms with Crippen molar-refractivity contribution >= 4 is 23.4 Å². The summed E-state index contributed by atoms with van der Waals surface area (Å²) in [5.74, 6) is 0.242. The molecule has 1 amide bonds. The molecule has 4 rings (SSSR count). The molecule has 2 N–H and O–H groups in total. The predicted octanol–water partition coefficient (Wildman–Crippen LogP) is 4.28. The molecule has 2 aliphatic rings. The molecule has 1 aliphatic heterocycles. The molecule has 0 unspecified atom stereocenters. The molecule has 8 heteroatoms. The largest absolute Gasteiger partial charge is 0.496 e. The number of hydrogen-bond acceptors (Lipinski definition) is 6. The van der Waals surface area contributed by atoms with Gasteiger partial charge in [0.15, 0.2) is 0 Å². The summed E-state index contributed by atoms with van der Waals surface area (Å²) in [6.45, 7) is 1.68. The van der Waals surface area contributed by atoms with E-state index in [1.807, 2.05) is 12.1 Å². The molecule has 0 aromatic heterocycles. The molecule has 0 radical (unpaired) electrons. The van der Waals surface area contributed by atoms with Crippen molar-refractivity contribution in [1.29, 1.82) is 0 Å². The van der Waals surface area contributed by atoms with Gasteiger partial charge in [0.2, 0.25) is 0 Å². The van der Waals surface area contributed by atoms with Crippen LogP contribution in [-0.4, -0.2) is 43.5 Å². The molecule has 1 aliphatic carbocycles. The van der Waals surface area contributed by atoms with E-state index in [2.05, 4.69) is 10.2 Å². The second-order valence-electron chi connectivity index (χ2n) is 7.72. The maximum atomic E-state index is 12.2. The fourth-order valence-corrected chi connectivity index (χ4v) is 4.03. The van der Waals surface area contributed by atoms with Crippen molar-refractivity contribution in [3.05, 3.63) is 47.5 Å². The first-order valence-electron chi connectivity index (χ1n) is 10.4. The Labute approximate surface area is 180 Å². The van der Waals surface area contributed by atoms with E-state index < -0.39 is 12.1 Å². The minimum atomic E-state index is -0.998. The van der Waals surface area contributed by atoms with E-state index in [0.29, 0.717) is 31.1 Å². The Hall–Kier alpha value is -3.42. The molecule has 0 saturated heterocycles. The number of nitrogens with zero attached hydrogens (tertiary/aromatic N) is 1. The van der Waals surface area contributed by atoms with Crippen LogP contribution in [0.3, 0.4) is 0 Å². The first kappa shape index (κ1) is 20.8. The first-order chi connectivity index (χ1) is 15.0. The van der Waals surface area contributed by atoms with E-state index in [0.717, 1.165) is 42.7 Å². The van der Waals surface area contributed by atoms with E-state index in [4.69, 9.17) is 14.2 Å². The van der Waals surface area contributed by atoms with Gasteiger partial charge in [-0.05, 0) is 56.0 Å². The lowest BCUT2D eigenvalue weighted by molar-refractivity contribution is 0.0696. The van der Waals surface area contributed by atoms with Crippen LogP contribution in [0.4, 0.5) is 16.2 Å². The SMILES string of the molecule is COc1cc(C(=O)O)ccc1CN1CCOc2ccc(NC(=O)OC3CCCC3)cc21. The summed E-state index contributed by atoms with van der Waals surface area (Å²) >= 11 is 0. The average Bonchev–Trinajstić information content (AvgIpc) is 3.27. The van der Waals surface area contributed by atoms with Gasteiger partial charge in [-0.25, -0.2) is 9.59 Å². The van der Waals surface area contributed by atoms with Crippen LogP contribution in [0.25, 0.3) is 0 Å². The van der Waals surface area contributed by atoms with Gasteiger partial charge in [-0.2, -0.15) is 0 Å². The zero-order chi connectivity index (χ0) is 21.8. The topological polar surface area (TPSA) is 97.3 Å². The van der Waals surface area contributed by atoms with Gasteiger partial charge in [0.05, 0.1) is 24.9 Å².